The molecule has 2 amide bonds. The van der Waals surface area contributed by atoms with Crippen LogP contribution in [0.1, 0.15) is 30.7 Å². The average molecular weight is 408 g/mol. The predicted octanol–water partition coefficient (Wildman–Crippen LogP) is 5.56. The average Bonchev–Trinajstić information content (AvgIpc) is 3.36. The third kappa shape index (κ3) is 3.51. The van der Waals surface area contributed by atoms with Crippen molar-refractivity contribution in [3.05, 3.63) is 71.6 Å². The van der Waals surface area contributed by atoms with E-state index in [9.17, 15) is 13.6 Å². The Hall–Kier alpha value is -3.35. The van der Waals surface area contributed by atoms with E-state index in [2.05, 4.69) is 32.8 Å². The fraction of sp³-hybridized carbons (Fsp3) is 0.261. The largest absolute Gasteiger partial charge is 0.375 e. The Morgan fingerprint density at radius 2 is 1.83 bits per heavy atom. The first kappa shape index (κ1) is 18.7. The van der Waals surface area contributed by atoms with E-state index >= 15 is 0 Å². The Labute approximate surface area is 172 Å². The third-order valence-corrected chi connectivity index (χ3v) is 5.92. The lowest BCUT2D eigenvalue weighted by Crippen LogP contribution is -2.25. The summed E-state index contributed by atoms with van der Waals surface area (Å²) < 4.78 is 26.4. The van der Waals surface area contributed by atoms with Crippen LogP contribution in [0.2, 0.25) is 0 Å². The number of halogens is 2. The molecule has 1 unspecified atom stereocenters. The molecule has 0 saturated carbocycles. The number of anilines is 2. The van der Waals surface area contributed by atoms with Crippen molar-refractivity contribution in [2.75, 3.05) is 23.7 Å². The van der Waals surface area contributed by atoms with Crippen molar-refractivity contribution in [3.63, 3.8) is 0 Å². The van der Waals surface area contributed by atoms with Crippen LogP contribution in [0.3, 0.4) is 0 Å². The lowest BCUT2D eigenvalue weighted by Gasteiger charge is -2.28. The zero-order valence-electron chi connectivity index (χ0n) is 16.3. The van der Waals surface area contributed by atoms with Gasteiger partial charge in [0.2, 0.25) is 0 Å². The molecule has 1 atom stereocenters. The van der Waals surface area contributed by atoms with Crippen molar-refractivity contribution in [3.8, 4) is 0 Å². The van der Waals surface area contributed by atoms with Crippen LogP contribution in [-0.2, 0) is 0 Å². The number of allylic oxidation sites excluding steroid dienone is 2. The quantitative estimate of drug-likeness (QED) is 0.532. The molecular formula is C23H22F2N4O. The second-order valence-corrected chi connectivity index (χ2v) is 7.86. The van der Waals surface area contributed by atoms with E-state index in [1.807, 2.05) is 18.2 Å². The zero-order chi connectivity index (χ0) is 20.7. The summed E-state index contributed by atoms with van der Waals surface area (Å²) in [6.45, 7) is 2.24. The van der Waals surface area contributed by atoms with Gasteiger partial charge in [-0.3, -0.25) is 0 Å². The van der Waals surface area contributed by atoms with Gasteiger partial charge < -0.3 is 20.5 Å². The molecule has 5 nitrogen and oxygen atoms in total. The summed E-state index contributed by atoms with van der Waals surface area (Å²) in [6.07, 6.45) is 7.89. The van der Waals surface area contributed by atoms with E-state index in [1.165, 1.54) is 23.7 Å². The molecule has 1 saturated heterocycles. The number of hydrogen-bond acceptors (Lipinski definition) is 2. The first-order chi connectivity index (χ1) is 14.6. The fourth-order valence-electron chi connectivity index (χ4n) is 4.45. The van der Waals surface area contributed by atoms with Crippen LogP contribution >= 0.6 is 0 Å². The number of aromatic nitrogens is 1. The van der Waals surface area contributed by atoms with Crippen LogP contribution in [0.4, 0.5) is 25.0 Å². The maximum absolute atomic E-state index is 13.3. The minimum Gasteiger partial charge on any atom is -0.375 e. The molecule has 3 N–H and O–H groups in total. The maximum atomic E-state index is 13.3. The van der Waals surface area contributed by atoms with Gasteiger partial charge in [-0.05, 0) is 55.2 Å². The van der Waals surface area contributed by atoms with Gasteiger partial charge in [-0.15, -0.1) is 0 Å². The van der Waals surface area contributed by atoms with Crippen LogP contribution in [0.5, 0.6) is 0 Å². The van der Waals surface area contributed by atoms with Crippen LogP contribution < -0.4 is 10.6 Å². The van der Waals surface area contributed by atoms with Gasteiger partial charge in [0.1, 0.15) is 0 Å². The fourth-order valence-corrected chi connectivity index (χ4v) is 4.45. The van der Waals surface area contributed by atoms with Gasteiger partial charge in [-0.2, -0.15) is 0 Å². The highest BCUT2D eigenvalue weighted by Crippen LogP contribution is 2.37. The molecule has 0 spiro atoms. The minimum absolute atomic E-state index is 0.185. The summed E-state index contributed by atoms with van der Waals surface area (Å²) in [5.41, 5.74) is 4.51. The van der Waals surface area contributed by atoms with Gasteiger partial charge in [0, 0.05) is 59.2 Å². The molecule has 2 aliphatic heterocycles. The molecule has 5 rings (SSSR count). The number of carbonyl (C=O) groups is 1. The molecule has 0 radical (unpaired) electrons. The van der Waals surface area contributed by atoms with Crippen LogP contribution in [0, 0.1) is 11.6 Å². The molecule has 154 valence electrons. The highest BCUT2D eigenvalue weighted by molar-refractivity contribution is 6.01. The number of H-pyrrole nitrogens is 1. The maximum Gasteiger partial charge on any atom is 0.323 e. The number of fused-ring (bicyclic) bond motifs is 2. The third-order valence-electron chi connectivity index (χ3n) is 5.92. The smallest absolute Gasteiger partial charge is 0.323 e. The van der Waals surface area contributed by atoms with E-state index in [0.29, 0.717) is 11.6 Å². The normalized spacial score (nSPS) is 18.3. The van der Waals surface area contributed by atoms with Crippen LogP contribution in [0.25, 0.3) is 10.9 Å². The van der Waals surface area contributed by atoms with Gasteiger partial charge in [-0.25, -0.2) is 13.6 Å². The van der Waals surface area contributed by atoms with Gasteiger partial charge in [0.05, 0.1) is 0 Å². The van der Waals surface area contributed by atoms with E-state index in [-0.39, 0.29) is 5.69 Å². The lowest BCUT2D eigenvalue weighted by atomic mass is 9.91. The Kier molecular flexibility index (Phi) is 4.65. The van der Waals surface area contributed by atoms with E-state index in [0.717, 1.165) is 49.0 Å². The standard InChI is InChI=1S/C23H22F2N4O/c24-20-5-3-16(12-21(20)25)28-23(30)27-15-4-6-22-18(11-15)19(13-26-22)14-7-9-29-8-1-2-17(29)10-14/h3-6,10-14,26H,1-2,7-9H2,(H2,27,28,30). The highest BCUT2D eigenvalue weighted by Gasteiger charge is 2.25. The van der Waals surface area contributed by atoms with Crippen molar-refractivity contribution in [2.24, 2.45) is 0 Å². The molecule has 1 fully saturated rings. The Bertz CT molecular complexity index is 1150. The second-order valence-electron chi connectivity index (χ2n) is 7.86. The van der Waals surface area contributed by atoms with Crippen molar-refractivity contribution in [1.82, 2.24) is 9.88 Å². The van der Waals surface area contributed by atoms with Gasteiger partial charge in [0.25, 0.3) is 0 Å². The number of carbonyl (C=O) groups excluding carboxylic acids is 1. The predicted molar refractivity (Wildman–Crippen MR) is 114 cm³/mol. The number of nitrogens with one attached hydrogen (secondary N) is 3. The number of nitrogens with zero attached hydrogens (tertiary/aromatic N) is 1. The van der Waals surface area contributed by atoms with Crippen molar-refractivity contribution in [1.29, 1.82) is 0 Å². The molecule has 2 aromatic carbocycles. The van der Waals surface area contributed by atoms with Gasteiger partial charge in [-0.1, -0.05) is 6.08 Å². The second kappa shape index (κ2) is 7.48. The summed E-state index contributed by atoms with van der Waals surface area (Å²) >= 11 is 0. The molecule has 7 heteroatoms. The molecule has 30 heavy (non-hydrogen) atoms. The Morgan fingerprint density at radius 1 is 1.03 bits per heavy atom. The van der Waals surface area contributed by atoms with Crippen molar-refractivity contribution >= 4 is 28.3 Å². The first-order valence-corrected chi connectivity index (χ1v) is 10.2. The van der Waals surface area contributed by atoms with Crippen molar-refractivity contribution in [2.45, 2.75) is 25.2 Å². The minimum atomic E-state index is -1.01. The summed E-state index contributed by atoms with van der Waals surface area (Å²) in [5, 5.41) is 6.37. The molecule has 1 aromatic heterocycles. The summed E-state index contributed by atoms with van der Waals surface area (Å²) in [6, 6.07) is 8.42. The topological polar surface area (TPSA) is 60.2 Å². The monoisotopic (exact) mass is 408 g/mol. The number of hydrogen-bond donors (Lipinski definition) is 3. The first-order valence-electron chi connectivity index (χ1n) is 10.2. The number of aromatic amines is 1. The van der Waals surface area contributed by atoms with Crippen molar-refractivity contribution < 1.29 is 13.6 Å². The Balaban J connectivity index is 1.35. The SMILES string of the molecule is O=C(Nc1ccc(F)c(F)c1)Nc1ccc2[nH]cc(C3C=C4CCCN4CC3)c2c1. The molecule has 2 aliphatic rings. The van der Waals surface area contributed by atoms with Gasteiger partial charge in [0.15, 0.2) is 11.6 Å². The number of rotatable bonds is 3. The summed E-state index contributed by atoms with van der Waals surface area (Å²) in [5.74, 6) is -1.60. The van der Waals surface area contributed by atoms with E-state index in [4.69, 9.17) is 0 Å². The Morgan fingerprint density at radius 3 is 2.67 bits per heavy atom. The lowest BCUT2D eigenvalue weighted by molar-refractivity contribution is 0.262. The van der Waals surface area contributed by atoms with E-state index < -0.39 is 17.7 Å². The zero-order valence-corrected chi connectivity index (χ0v) is 16.3. The molecule has 0 aliphatic carbocycles. The van der Waals surface area contributed by atoms with Crippen LogP contribution in [0.15, 0.2) is 54.4 Å². The molecule has 3 heterocycles. The molecule has 0 bridgehead atoms. The number of benzene rings is 2. The van der Waals surface area contributed by atoms with Gasteiger partial charge >= 0.3 is 6.03 Å². The molecule has 3 aromatic rings. The number of amides is 2. The molecular weight excluding hydrogens is 386 g/mol. The number of urea groups is 1. The van der Waals surface area contributed by atoms with E-state index in [1.54, 1.807) is 0 Å². The van der Waals surface area contributed by atoms with Crippen LogP contribution in [-0.4, -0.2) is 29.0 Å². The summed E-state index contributed by atoms with van der Waals surface area (Å²) in [7, 11) is 0. The highest BCUT2D eigenvalue weighted by atomic mass is 19.2. The summed E-state index contributed by atoms with van der Waals surface area (Å²) in [4.78, 5) is 18.1.